The van der Waals surface area contributed by atoms with Gasteiger partial charge in [-0.15, -0.1) is 0 Å². The van der Waals surface area contributed by atoms with Gasteiger partial charge in [0.25, 0.3) is 5.91 Å². The number of aliphatic carboxylic acids is 1. The third-order valence-corrected chi connectivity index (χ3v) is 6.19. The number of hydrogen-bond acceptors (Lipinski definition) is 7. The molecule has 2 saturated heterocycles. The maximum absolute atomic E-state index is 13.2. The van der Waals surface area contributed by atoms with Crippen molar-refractivity contribution in [1.82, 2.24) is 20.0 Å². The second-order valence-corrected chi connectivity index (χ2v) is 8.76. The smallest absolute Gasteiger partial charge is 0.475 e. The van der Waals surface area contributed by atoms with E-state index in [-0.39, 0.29) is 17.4 Å². The number of rotatable bonds is 3. The Kier molecular flexibility index (Phi) is 7.78. The Balaban J connectivity index is 0.000000406. The number of likely N-dealkylation sites (tertiary alicyclic amines) is 1. The van der Waals surface area contributed by atoms with Crippen LogP contribution in [-0.4, -0.2) is 68.4 Å². The van der Waals surface area contributed by atoms with Crippen LogP contribution in [0.3, 0.4) is 0 Å². The lowest BCUT2D eigenvalue weighted by molar-refractivity contribution is -0.192. The number of hydrogen-bond donors (Lipinski definition) is 1. The van der Waals surface area contributed by atoms with Crippen LogP contribution in [0.15, 0.2) is 29.2 Å². The number of aromatic nitrogens is 3. The highest BCUT2D eigenvalue weighted by Gasteiger charge is 2.45. The molecule has 0 aliphatic carbocycles. The largest absolute Gasteiger partial charge is 0.490 e. The summed E-state index contributed by atoms with van der Waals surface area (Å²) in [5, 5.41) is 11.2. The maximum Gasteiger partial charge on any atom is 0.490 e. The number of carboxylic acid groups (broad SMARTS) is 1. The third kappa shape index (κ3) is 5.84. The van der Waals surface area contributed by atoms with E-state index >= 15 is 0 Å². The molecule has 2 aliphatic rings. The van der Waals surface area contributed by atoms with Gasteiger partial charge >= 0.3 is 12.1 Å². The second-order valence-electron chi connectivity index (χ2n) is 8.76. The first kappa shape index (κ1) is 25.4. The number of carbonyl (C=O) groups is 2. The van der Waals surface area contributed by atoms with Crippen LogP contribution in [0.2, 0.25) is 0 Å². The third-order valence-electron chi connectivity index (χ3n) is 6.19. The van der Waals surface area contributed by atoms with Crippen molar-refractivity contribution < 1.29 is 32.4 Å². The maximum atomic E-state index is 13.2. The minimum atomic E-state index is -5.08. The fourth-order valence-corrected chi connectivity index (χ4v) is 4.44. The molecular formula is C22H28F3N5O4. The van der Waals surface area contributed by atoms with Crippen LogP contribution in [0.5, 0.6) is 0 Å². The summed E-state index contributed by atoms with van der Waals surface area (Å²) in [4.78, 5) is 35.1. The number of halogens is 3. The van der Waals surface area contributed by atoms with Crippen molar-refractivity contribution in [2.75, 3.05) is 24.5 Å². The molecule has 4 heterocycles. The monoisotopic (exact) mass is 483 g/mol. The van der Waals surface area contributed by atoms with Crippen LogP contribution in [0, 0.1) is 0 Å². The van der Waals surface area contributed by atoms with Crippen LogP contribution >= 0.6 is 0 Å². The fourth-order valence-electron chi connectivity index (χ4n) is 4.44. The Hall–Kier alpha value is -3.18. The van der Waals surface area contributed by atoms with Gasteiger partial charge < -0.3 is 19.4 Å². The van der Waals surface area contributed by atoms with Gasteiger partial charge in [0.1, 0.15) is 11.6 Å². The first-order chi connectivity index (χ1) is 16.0. The number of nitrogens with zero attached hydrogens (tertiary/aromatic N) is 5. The molecule has 2 fully saturated rings. The second kappa shape index (κ2) is 10.4. The predicted octanol–water partition coefficient (Wildman–Crippen LogP) is 3.89. The average molecular weight is 483 g/mol. The van der Waals surface area contributed by atoms with Crippen LogP contribution in [0.1, 0.15) is 68.1 Å². The van der Waals surface area contributed by atoms with Crippen LogP contribution < -0.4 is 4.90 Å². The zero-order valence-electron chi connectivity index (χ0n) is 19.1. The zero-order valence-corrected chi connectivity index (χ0v) is 19.1. The van der Waals surface area contributed by atoms with Crippen molar-refractivity contribution >= 4 is 17.7 Å². The SMILES string of the molecule is CC(C)c1cc(C(=O)N2CCCC23CCCN(c2cnccn2)CC3)no1.O=C(O)C(F)(F)F. The summed E-state index contributed by atoms with van der Waals surface area (Å²) >= 11 is 0. The highest BCUT2D eigenvalue weighted by atomic mass is 19.4. The van der Waals surface area contributed by atoms with Gasteiger partial charge in [-0.25, -0.2) is 9.78 Å². The van der Waals surface area contributed by atoms with E-state index in [0.717, 1.165) is 63.3 Å². The molecule has 1 N–H and O–H groups in total. The molecule has 4 rings (SSSR count). The van der Waals surface area contributed by atoms with Crippen molar-refractivity contribution in [3.05, 3.63) is 36.1 Å². The molecule has 186 valence electrons. The van der Waals surface area contributed by atoms with E-state index in [1.54, 1.807) is 12.4 Å². The summed E-state index contributed by atoms with van der Waals surface area (Å²) in [5.74, 6) is -0.835. The van der Waals surface area contributed by atoms with Gasteiger partial charge in [-0.1, -0.05) is 19.0 Å². The molecule has 2 aromatic heterocycles. The van der Waals surface area contributed by atoms with E-state index in [9.17, 15) is 18.0 Å². The first-order valence-electron chi connectivity index (χ1n) is 11.1. The fraction of sp³-hybridized carbons (Fsp3) is 0.591. The predicted molar refractivity (Wildman–Crippen MR) is 115 cm³/mol. The summed E-state index contributed by atoms with van der Waals surface area (Å²) in [6.07, 6.45) is 5.28. The minimum absolute atomic E-state index is 0.0103. The van der Waals surface area contributed by atoms with E-state index in [0.29, 0.717) is 5.69 Å². The normalized spacial score (nSPS) is 20.8. The molecule has 0 aromatic carbocycles. The molecule has 2 aromatic rings. The molecule has 0 bridgehead atoms. The number of anilines is 1. The van der Waals surface area contributed by atoms with Crippen molar-refractivity contribution in [2.24, 2.45) is 0 Å². The lowest BCUT2D eigenvalue weighted by atomic mass is 9.87. The van der Waals surface area contributed by atoms with Crippen molar-refractivity contribution in [2.45, 2.75) is 63.6 Å². The lowest BCUT2D eigenvalue weighted by Gasteiger charge is -2.37. The van der Waals surface area contributed by atoms with Gasteiger partial charge in [0.05, 0.1) is 6.20 Å². The summed E-state index contributed by atoms with van der Waals surface area (Å²) in [6, 6.07) is 1.81. The Bertz CT molecular complexity index is 982. The Morgan fingerprint density at radius 3 is 2.35 bits per heavy atom. The van der Waals surface area contributed by atoms with Gasteiger partial charge in [0.15, 0.2) is 5.69 Å². The van der Waals surface area contributed by atoms with Crippen LogP contribution in [0.25, 0.3) is 0 Å². The Morgan fingerprint density at radius 1 is 1.12 bits per heavy atom. The Labute approximate surface area is 194 Å². The molecule has 0 radical (unpaired) electrons. The van der Waals surface area contributed by atoms with E-state index in [2.05, 4.69) is 24.9 Å². The van der Waals surface area contributed by atoms with Crippen LogP contribution in [0.4, 0.5) is 19.0 Å². The van der Waals surface area contributed by atoms with E-state index in [4.69, 9.17) is 14.4 Å². The van der Waals surface area contributed by atoms with Crippen molar-refractivity contribution in [1.29, 1.82) is 0 Å². The number of amides is 1. The molecule has 2 aliphatic heterocycles. The molecule has 12 heteroatoms. The topological polar surface area (TPSA) is 113 Å². The highest BCUT2D eigenvalue weighted by Crippen LogP contribution is 2.39. The summed E-state index contributed by atoms with van der Waals surface area (Å²) in [5.41, 5.74) is 0.361. The van der Waals surface area contributed by atoms with Crippen molar-refractivity contribution in [3.63, 3.8) is 0 Å². The standard InChI is InChI=1S/C20H27N5O2.C2HF3O2/c1-15(2)17-13-16(23-27-17)19(26)25-11-4-6-20(25)5-3-10-24(12-7-20)18-14-21-8-9-22-18;3-2(4,5)1(6)7/h8-9,13-15H,3-7,10-12H2,1-2H3;(H,6,7). The minimum Gasteiger partial charge on any atom is -0.475 e. The zero-order chi connectivity index (χ0) is 24.9. The molecule has 1 amide bonds. The molecule has 1 spiro atoms. The molecule has 1 atom stereocenters. The summed E-state index contributed by atoms with van der Waals surface area (Å²) in [7, 11) is 0. The van der Waals surface area contributed by atoms with E-state index in [1.807, 2.05) is 26.1 Å². The van der Waals surface area contributed by atoms with E-state index in [1.165, 1.54) is 0 Å². The quantitative estimate of drug-likeness (QED) is 0.700. The summed E-state index contributed by atoms with van der Waals surface area (Å²) < 4.78 is 37.1. The molecule has 9 nitrogen and oxygen atoms in total. The highest BCUT2D eigenvalue weighted by molar-refractivity contribution is 5.93. The summed E-state index contributed by atoms with van der Waals surface area (Å²) in [6.45, 7) is 6.72. The van der Waals surface area contributed by atoms with Crippen LogP contribution in [-0.2, 0) is 4.79 Å². The first-order valence-corrected chi connectivity index (χ1v) is 11.1. The van der Waals surface area contributed by atoms with Gasteiger partial charge in [-0.2, -0.15) is 13.2 Å². The molecule has 1 unspecified atom stereocenters. The van der Waals surface area contributed by atoms with E-state index < -0.39 is 12.1 Å². The molecule has 34 heavy (non-hydrogen) atoms. The van der Waals surface area contributed by atoms with Gasteiger partial charge in [-0.05, 0) is 32.1 Å². The average Bonchev–Trinajstić information content (AvgIpc) is 3.38. The number of alkyl halides is 3. The van der Waals surface area contributed by atoms with Gasteiger partial charge in [0.2, 0.25) is 0 Å². The number of carboxylic acids is 1. The van der Waals surface area contributed by atoms with Gasteiger partial charge in [0, 0.05) is 49.6 Å². The molecular weight excluding hydrogens is 455 g/mol. The lowest BCUT2D eigenvalue weighted by Crippen LogP contribution is -2.48. The molecule has 0 saturated carbocycles. The number of carbonyl (C=O) groups excluding carboxylic acids is 1. The van der Waals surface area contributed by atoms with Crippen molar-refractivity contribution in [3.8, 4) is 0 Å². The Morgan fingerprint density at radius 2 is 1.79 bits per heavy atom. The van der Waals surface area contributed by atoms with Gasteiger partial charge in [-0.3, -0.25) is 9.78 Å².